The normalized spacial score (nSPS) is 11.8. The Morgan fingerprint density at radius 3 is 1.35 bits per heavy atom. The molecule has 0 aliphatic carbocycles. The maximum absolute atomic E-state index is 13.1. The van der Waals surface area contributed by atoms with E-state index in [1.54, 1.807) is 24.3 Å². The number of nitrogens with one attached hydrogen (secondary N) is 2. The predicted octanol–water partition coefficient (Wildman–Crippen LogP) is 3.86. The summed E-state index contributed by atoms with van der Waals surface area (Å²) in [5.74, 6) is -0.691. The van der Waals surface area contributed by atoms with Crippen molar-refractivity contribution < 1.29 is 28.3 Å². The first-order chi connectivity index (χ1) is 12.6. The molecule has 26 heavy (non-hydrogen) atoms. The van der Waals surface area contributed by atoms with E-state index in [9.17, 15) is 8.78 Å². The van der Waals surface area contributed by atoms with Crippen LogP contribution in [-0.4, -0.2) is 27.4 Å². The SMILES string of the molecule is COOCC(Nc1ccc(F)cc1)=C(COOC)Nc1ccc(F)cc1. The van der Waals surface area contributed by atoms with Gasteiger partial charge in [-0.3, -0.25) is 0 Å². The van der Waals surface area contributed by atoms with E-state index in [2.05, 4.69) is 20.4 Å². The summed E-state index contributed by atoms with van der Waals surface area (Å²) in [7, 11) is 2.77. The topological polar surface area (TPSA) is 61.0 Å². The van der Waals surface area contributed by atoms with Crippen molar-refractivity contribution in [3.63, 3.8) is 0 Å². The van der Waals surface area contributed by atoms with E-state index in [4.69, 9.17) is 9.78 Å². The fraction of sp³-hybridized carbons (Fsp3) is 0.222. The lowest BCUT2D eigenvalue weighted by atomic mass is 10.2. The second-order valence-electron chi connectivity index (χ2n) is 5.08. The number of benzene rings is 2. The van der Waals surface area contributed by atoms with Crippen LogP contribution in [0.3, 0.4) is 0 Å². The van der Waals surface area contributed by atoms with Gasteiger partial charge < -0.3 is 10.6 Å². The fourth-order valence-electron chi connectivity index (χ4n) is 2.05. The van der Waals surface area contributed by atoms with Crippen molar-refractivity contribution in [2.24, 2.45) is 0 Å². The van der Waals surface area contributed by atoms with Crippen LogP contribution < -0.4 is 10.6 Å². The molecule has 0 radical (unpaired) electrons. The third-order valence-electron chi connectivity index (χ3n) is 3.29. The van der Waals surface area contributed by atoms with Crippen LogP contribution in [0.25, 0.3) is 0 Å². The van der Waals surface area contributed by atoms with Gasteiger partial charge in [-0.15, -0.1) is 0 Å². The molecule has 0 saturated heterocycles. The molecular formula is C18H20F2N2O4. The molecule has 0 aliphatic heterocycles. The Labute approximate surface area is 150 Å². The van der Waals surface area contributed by atoms with Crippen LogP contribution in [0.4, 0.5) is 20.2 Å². The van der Waals surface area contributed by atoms with Crippen molar-refractivity contribution in [1.82, 2.24) is 0 Å². The maximum atomic E-state index is 13.1. The smallest absolute Gasteiger partial charge is 0.124 e. The minimum Gasteiger partial charge on any atom is -0.355 e. The largest absolute Gasteiger partial charge is 0.355 e. The number of halogens is 2. The summed E-state index contributed by atoms with van der Waals surface area (Å²) < 4.78 is 26.2. The molecule has 8 heteroatoms. The standard InChI is InChI=1S/C18H20F2N2O4/c1-23-25-11-17(21-15-7-3-13(19)4-8-15)18(12-26-24-2)22-16-9-5-14(20)6-10-16/h3-10,21-22H,11-12H2,1-2H3. The summed E-state index contributed by atoms with van der Waals surface area (Å²) >= 11 is 0. The summed E-state index contributed by atoms with van der Waals surface area (Å²) in [5, 5.41) is 6.23. The molecule has 2 N–H and O–H groups in total. The van der Waals surface area contributed by atoms with Crippen LogP contribution >= 0.6 is 0 Å². The maximum Gasteiger partial charge on any atom is 0.124 e. The molecule has 2 aromatic rings. The quantitative estimate of drug-likeness (QED) is 0.492. The van der Waals surface area contributed by atoms with E-state index in [1.807, 2.05) is 0 Å². The molecule has 2 aromatic carbocycles. The van der Waals surface area contributed by atoms with Gasteiger partial charge in [0.1, 0.15) is 24.8 Å². The van der Waals surface area contributed by atoms with Crippen LogP contribution in [0.15, 0.2) is 59.9 Å². The highest BCUT2D eigenvalue weighted by atomic mass is 19.1. The van der Waals surface area contributed by atoms with E-state index in [1.165, 1.54) is 38.5 Å². The van der Waals surface area contributed by atoms with Gasteiger partial charge in [0.15, 0.2) is 0 Å². The zero-order valence-electron chi connectivity index (χ0n) is 14.4. The van der Waals surface area contributed by atoms with Gasteiger partial charge in [0.25, 0.3) is 0 Å². The van der Waals surface area contributed by atoms with Gasteiger partial charge in [-0.05, 0) is 48.5 Å². The third kappa shape index (κ3) is 6.41. The average molecular weight is 366 g/mol. The van der Waals surface area contributed by atoms with Crippen LogP contribution in [0.5, 0.6) is 0 Å². The molecule has 0 unspecified atom stereocenters. The Kier molecular flexibility index (Phi) is 7.97. The van der Waals surface area contributed by atoms with Crippen molar-refractivity contribution in [2.75, 3.05) is 38.1 Å². The third-order valence-corrected chi connectivity index (χ3v) is 3.29. The lowest BCUT2D eigenvalue weighted by Crippen LogP contribution is -2.18. The average Bonchev–Trinajstić information content (AvgIpc) is 2.65. The van der Waals surface area contributed by atoms with Gasteiger partial charge in [-0.25, -0.2) is 28.3 Å². The van der Waals surface area contributed by atoms with E-state index in [0.29, 0.717) is 22.8 Å². The van der Waals surface area contributed by atoms with Crippen molar-refractivity contribution >= 4 is 11.4 Å². The molecule has 0 aromatic heterocycles. The molecule has 0 spiro atoms. The van der Waals surface area contributed by atoms with E-state index < -0.39 is 0 Å². The summed E-state index contributed by atoms with van der Waals surface area (Å²) in [6.07, 6.45) is 0. The summed E-state index contributed by atoms with van der Waals surface area (Å²) in [6, 6.07) is 11.6. The Balaban J connectivity index is 2.29. The second-order valence-corrected chi connectivity index (χ2v) is 5.08. The van der Waals surface area contributed by atoms with Crippen molar-refractivity contribution in [1.29, 1.82) is 0 Å². The Hall–Kier alpha value is -2.52. The van der Waals surface area contributed by atoms with Crippen LogP contribution in [0, 0.1) is 11.6 Å². The lowest BCUT2D eigenvalue weighted by molar-refractivity contribution is -0.268. The number of hydrogen-bond acceptors (Lipinski definition) is 6. The first-order valence-corrected chi connectivity index (χ1v) is 7.70. The minimum absolute atomic E-state index is 0.0461. The van der Waals surface area contributed by atoms with E-state index in [0.717, 1.165) is 0 Å². The van der Waals surface area contributed by atoms with Crippen molar-refractivity contribution in [2.45, 2.75) is 0 Å². The highest BCUT2D eigenvalue weighted by molar-refractivity contribution is 5.54. The zero-order valence-corrected chi connectivity index (χ0v) is 14.4. The molecular weight excluding hydrogens is 346 g/mol. The lowest BCUT2D eigenvalue weighted by Gasteiger charge is -2.18. The van der Waals surface area contributed by atoms with Crippen LogP contribution in [-0.2, 0) is 19.6 Å². The Morgan fingerprint density at radius 1 is 0.692 bits per heavy atom. The van der Waals surface area contributed by atoms with Gasteiger partial charge in [0, 0.05) is 11.4 Å². The molecule has 0 aliphatic rings. The number of rotatable bonds is 10. The van der Waals surface area contributed by atoms with Gasteiger partial charge >= 0.3 is 0 Å². The molecule has 140 valence electrons. The van der Waals surface area contributed by atoms with Gasteiger partial charge in [-0.1, -0.05) is 0 Å². The molecule has 6 nitrogen and oxygen atoms in total. The Bertz CT molecular complexity index is 645. The monoisotopic (exact) mass is 366 g/mol. The molecule has 0 heterocycles. The zero-order chi connectivity index (χ0) is 18.8. The minimum atomic E-state index is -0.346. The molecule has 0 fully saturated rings. The van der Waals surface area contributed by atoms with Gasteiger partial charge in [0.2, 0.25) is 0 Å². The fourth-order valence-corrected chi connectivity index (χ4v) is 2.05. The predicted molar refractivity (Wildman–Crippen MR) is 93.0 cm³/mol. The van der Waals surface area contributed by atoms with Crippen molar-refractivity contribution in [3.05, 3.63) is 71.6 Å². The van der Waals surface area contributed by atoms with Crippen LogP contribution in [0.2, 0.25) is 0 Å². The van der Waals surface area contributed by atoms with Crippen molar-refractivity contribution in [3.8, 4) is 0 Å². The van der Waals surface area contributed by atoms with E-state index in [-0.39, 0.29) is 24.8 Å². The second kappa shape index (κ2) is 10.5. The molecule has 2 rings (SSSR count). The summed E-state index contributed by atoms with van der Waals surface area (Å²) in [4.78, 5) is 19.4. The summed E-state index contributed by atoms with van der Waals surface area (Å²) in [6.45, 7) is 0.0922. The van der Waals surface area contributed by atoms with E-state index >= 15 is 0 Å². The molecule has 0 bridgehead atoms. The molecule has 0 saturated carbocycles. The highest BCUT2D eigenvalue weighted by Crippen LogP contribution is 2.18. The van der Waals surface area contributed by atoms with Gasteiger partial charge in [0.05, 0.1) is 25.6 Å². The first-order valence-electron chi connectivity index (χ1n) is 7.70. The first kappa shape index (κ1) is 19.8. The number of anilines is 2. The molecule has 0 atom stereocenters. The molecule has 0 amide bonds. The van der Waals surface area contributed by atoms with Crippen LogP contribution in [0.1, 0.15) is 0 Å². The van der Waals surface area contributed by atoms with Gasteiger partial charge in [-0.2, -0.15) is 0 Å². The summed E-state index contributed by atoms with van der Waals surface area (Å²) in [5.41, 5.74) is 2.38. The Morgan fingerprint density at radius 2 is 1.04 bits per heavy atom. The highest BCUT2D eigenvalue weighted by Gasteiger charge is 2.11. The number of hydrogen-bond donors (Lipinski definition) is 2.